The highest BCUT2D eigenvalue weighted by molar-refractivity contribution is 7.99. The second-order valence-electron chi connectivity index (χ2n) is 4.73. The lowest BCUT2D eigenvalue weighted by atomic mass is 10.2. The Hall–Kier alpha value is -2.66. The summed E-state index contributed by atoms with van der Waals surface area (Å²) < 4.78 is 12.8. The van der Waals surface area contributed by atoms with Gasteiger partial charge in [0, 0.05) is 16.0 Å². The van der Waals surface area contributed by atoms with Crippen LogP contribution in [0.5, 0.6) is 0 Å². The van der Waals surface area contributed by atoms with Crippen LogP contribution in [0.15, 0.2) is 82.7 Å². The number of hydrogen-bond donors (Lipinski definition) is 1. The number of rotatable bonds is 4. The van der Waals surface area contributed by atoms with E-state index in [1.807, 2.05) is 54.6 Å². The molecular weight excluding hydrogens is 311 g/mol. The molecule has 3 rings (SSSR count). The summed E-state index contributed by atoms with van der Waals surface area (Å²) in [6.07, 6.45) is 1.22. The number of aromatic nitrogens is 1. The van der Waals surface area contributed by atoms with Crippen LogP contribution in [0.2, 0.25) is 0 Å². The van der Waals surface area contributed by atoms with E-state index in [0.717, 1.165) is 9.79 Å². The first kappa shape index (κ1) is 15.2. The van der Waals surface area contributed by atoms with E-state index in [1.54, 1.807) is 11.8 Å². The minimum absolute atomic E-state index is 0.311. The van der Waals surface area contributed by atoms with Crippen LogP contribution in [0.1, 0.15) is 10.4 Å². The van der Waals surface area contributed by atoms with Crippen molar-refractivity contribution in [2.24, 2.45) is 0 Å². The Morgan fingerprint density at radius 3 is 2.43 bits per heavy atom. The van der Waals surface area contributed by atoms with Gasteiger partial charge in [-0.25, -0.2) is 4.98 Å². The lowest BCUT2D eigenvalue weighted by molar-refractivity contribution is 0.102. The maximum atomic E-state index is 12.8. The van der Waals surface area contributed by atoms with Gasteiger partial charge in [-0.15, -0.1) is 0 Å². The first-order valence-electron chi connectivity index (χ1n) is 6.97. The number of carbonyl (C=O) groups is 1. The Morgan fingerprint density at radius 2 is 1.70 bits per heavy atom. The Bertz CT molecular complexity index is 807. The predicted molar refractivity (Wildman–Crippen MR) is 89.2 cm³/mol. The number of anilines is 1. The Morgan fingerprint density at radius 1 is 0.957 bits per heavy atom. The number of carbonyl (C=O) groups excluding carboxylic acids is 1. The van der Waals surface area contributed by atoms with Gasteiger partial charge < -0.3 is 5.32 Å². The molecule has 0 atom stereocenters. The van der Waals surface area contributed by atoms with Gasteiger partial charge in [-0.05, 0) is 36.4 Å². The molecule has 0 fully saturated rings. The molecule has 0 unspecified atom stereocenters. The van der Waals surface area contributed by atoms with E-state index < -0.39 is 5.95 Å². The topological polar surface area (TPSA) is 42.0 Å². The SMILES string of the molecule is O=C(Nc1ccccc1Sc1ccccc1)c1ccc(F)nc1. The number of amides is 1. The van der Waals surface area contributed by atoms with E-state index in [2.05, 4.69) is 10.3 Å². The summed E-state index contributed by atoms with van der Waals surface area (Å²) in [4.78, 5) is 17.8. The molecule has 2 aromatic carbocycles. The zero-order valence-corrected chi connectivity index (χ0v) is 12.9. The van der Waals surface area contributed by atoms with Crippen molar-refractivity contribution in [3.05, 3.63) is 84.4 Å². The summed E-state index contributed by atoms with van der Waals surface area (Å²) >= 11 is 1.56. The molecular formula is C18H13FN2OS. The fourth-order valence-electron chi connectivity index (χ4n) is 1.98. The van der Waals surface area contributed by atoms with Crippen LogP contribution in [0.25, 0.3) is 0 Å². The molecule has 0 bridgehead atoms. The molecule has 0 aliphatic carbocycles. The number of hydrogen-bond acceptors (Lipinski definition) is 3. The number of para-hydroxylation sites is 1. The van der Waals surface area contributed by atoms with Gasteiger partial charge in [0.25, 0.3) is 5.91 Å². The lowest BCUT2D eigenvalue weighted by Gasteiger charge is -2.10. The van der Waals surface area contributed by atoms with Crippen LogP contribution in [-0.4, -0.2) is 10.9 Å². The average molecular weight is 324 g/mol. The molecule has 1 aromatic heterocycles. The van der Waals surface area contributed by atoms with E-state index in [4.69, 9.17) is 0 Å². The maximum absolute atomic E-state index is 12.8. The van der Waals surface area contributed by atoms with Gasteiger partial charge in [0.2, 0.25) is 5.95 Å². The number of benzene rings is 2. The van der Waals surface area contributed by atoms with Crippen LogP contribution in [0.3, 0.4) is 0 Å². The first-order chi connectivity index (χ1) is 11.2. The van der Waals surface area contributed by atoms with E-state index in [0.29, 0.717) is 11.3 Å². The number of halogens is 1. The second kappa shape index (κ2) is 7.07. The van der Waals surface area contributed by atoms with Gasteiger partial charge in [-0.2, -0.15) is 4.39 Å². The second-order valence-corrected chi connectivity index (χ2v) is 5.85. The zero-order valence-electron chi connectivity index (χ0n) is 12.1. The molecule has 3 nitrogen and oxygen atoms in total. The van der Waals surface area contributed by atoms with Crippen LogP contribution >= 0.6 is 11.8 Å². The van der Waals surface area contributed by atoms with Crippen LogP contribution < -0.4 is 5.32 Å². The Kier molecular flexibility index (Phi) is 4.68. The molecule has 1 N–H and O–H groups in total. The summed E-state index contributed by atoms with van der Waals surface area (Å²) in [7, 11) is 0. The van der Waals surface area contributed by atoms with Crippen LogP contribution in [0.4, 0.5) is 10.1 Å². The molecule has 114 valence electrons. The quantitative estimate of drug-likeness (QED) is 0.712. The monoisotopic (exact) mass is 324 g/mol. The molecule has 23 heavy (non-hydrogen) atoms. The number of nitrogens with one attached hydrogen (secondary N) is 1. The molecule has 0 spiro atoms. The van der Waals surface area contributed by atoms with Gasteiger partial charge in [-0.1, -0.05) is 42.1 Å². The predicted octanol–water partition coefficient (Wildman–Crippen LogP) is 4.62. The molecule has 0 radical (unpaired) electrons. The van der Waals surface area contributed by atoms with Crippen molar-refractivity contribution in [1.82, 2.24) is 4.98 Å². The van der Waals surface area contributed by atoms with Gasteiger partial charge in [0.05, 0.1) is 11.3 Å². The van der Waals surface area contributed by atoms with E-state index in [9.17, 15) is 9.18 Å². The highest BCUT2D eigenvalue weighted by Gasteiger charge is 2.10. The third-order valence-corrected chi connectivity index (χ3v) is 4.18. The van der Waals surface area contributed by atoms with Crippen molar-refractivity contribution >= 4 is 23.4 Å². The standard InChI is InChI=1S/C18H13FN2OS/c19-17-11-10-13(12-20-17)18(22)21-15-8-4-5-9-16(15)23-14-6-2-1-3-7-14/h1-12H,(H,21,22). The third-order valence-electron chi connectivity index (χ3n) is 3.10. The Labute approximate surface area is 137 Å². The smallest absolute Gasteiger partial charge is 0.257 e. The summed E-state index contributed by atoms with van der Waals surface area (Å²) in [6, 6.07) is 20.0. The minimum Gasteiger partial charge on any atom is -0.321 e. The van der Waals surface area contributed by atoms with Crippen molar-refractivity contribution in [2.75, 3.05) is 5.32 Å². The lowest BCUT2D eigenvalue weighted by Crippen LogP contribution is -2.12. The van der Waals surface area contributed by atoms with Gasteiger partial charge in [0.1, 0.15) is 0 Å². The zero-order chi connectivity index (χ0) is 16.1. The van der Waals surface area contributed by atoms with E-state index in [-0.39, 0.29) is 5.91 Å². The highest BCUT2D eigenvalue weighted by Crippen LogP contribution is 2.33. The molecule has 1 amide bonds. The van der Waals surface area contributed by atoms with Crippen molar-refractivity contribution < 1.29 is 9.18 Å². The van der Waals surface area contributed by atoms with Crippen LogP contribution in [0, 0.1) is 5.95 Å². The fraction of sp³-hybridized carbons (Fsp3) is 0. The molecule has 0 aliphatic heterocycles. The largest absolute Gasteiger partial charge is 0.321 e. The van der Waals surface area contributed by atoms with Crippen molar-refractivity contribution in [3.63, 3.8) is 0 Å². The van der Waals surface area contributed by atoms with Crippen molar-refractivity contribution in [1.29, 1.82) is 0 Å². The van der Waals surface area contributed by atoms with E-state index >= 15 is 0 Å². The fourth-order valence-corrected chi connectivity index (χ4v) is 2.90. The maximum Gasteiger partial charge on any atom is 0.257 e. The van der Waals surface area contributed by atoms with Gasteiger partial charge >= 0.3 is 0 Å². The number of pyridine rings is 1. The Balaban J connectivity index is 1.80. The summed E-state index contributed by atoms with van der Waals surface area (Å²) in [5.41, 5.74) is 1.02. The molecule has 0 saturated heterocycles. The van der Waals surface area contributed by atoms with Crippen LogP contribution in [-0.2, 0) is 0 Å². The summed E-state index contributed by atoms with van der Waals surface area (Å²) in [5, 5.41) is 2.84. The van der Waals surface area contributed by atoms with Gasteiger partial charge in [-0.3, -0.25) is 4.79 Å². The van der Waals surface area contributed by atoms with Crippen molar-refractivity contribution in [3.8, 4) is 0 Å². The minimum atomic E-state index is -0.610. The molecule has 1 heterocycles. The third kappa shape index (κ3) is 3.96. The average Bonchev–Trinajstić information content (AvgIpc) is 2.58. The molecule has 5 heteroatoms. The first-order valence-corrected chi connectivity index (χ1v) is 7.79. The highest BCUT2D eigenvalue weighted by atomic mass is 32.2. The molecule has 0 aliphatic rings. The molecule has 3 aromatic rings. The van der Waals surface area contributed by atoms with E-state index in [1.165, 1.54) is 18.3 Å². The van der Waals surface area contributed by atoms with Crippen molar-refractivity contribution in [2.45, 2.75) is 9.79 Å². The normalized spacial score (nSPS) is 10.3. The molecule has 0 saturated carbocycles. The summed E-state index contributed by atoms with van der Waals surface area (Å²) in [6.45, 7) is 0. The van der Waals surface area contributed by atoms with Gasteiger partial charge in [0.15, 0.2) is 0 Å². The number of nitrogens with zero attached hydrogens (tertiary/aromatic N) is 1. The summed E-state index contributed by atoms with van der Waals surface area (Å²) in [5.74, 6) is -0.930.